The second kappa shape index (κ2) is 7.74. The third-order valence-electron chi connectivity index (χ3n) is 3.05. The van der Waals surface area contributed by atoms with Gasteiger partial charge in [0.15, 0.2) is 0 Å². The molecule has 0 aliphatic carbocycles. The van der Waals surface area contributed by atoms with Gasteiger partial charge in [-0.25, -0.2) is 0 Å². The molecule has 6 nitrogen and oxygen atoms in total. The number of amides is 1. The Kier molecular flexibility index (Phi) is 5.95. The maximum atomic E-state index is 12.2. The second-order valence-electron chi connectivity index (χ2n) is 4.50. The number of rotatable bonds is 6. The van der Waals surface area contributed by atoms with Crippen molar-refractivity contribution in [2.75, 3.05) is 13.7 Å². The van der Waals surface area contributed by atoms with Gasteiger partial charge in [-0.2, -0.15) is 0 Å². The summed E-state index contributed by atoms with van der Waals surface area (Å²) in [7, 11) is 1.52. The number of halogens is 2. The van der Waals surface area contributed by atoms with Gasteiger partial charge in [-0.1, -0.05) is 23.2 Å². The molecule has 9 heteroatoms. The highest BCUT2D eigenvalue weighted by atomic mass is 35.5. The molecule has 2 rings (SSSR count). The number of nitrogens with one attached hydrogen (secondary N) is 1. The normalized spacial score (nSPS) is 12.0. The monoisotopic (exact) mass is 374 g/mol. The zero-order chi connectivity index (χ0) is 17.0. The minimum Gasteiger partial charge on any atom is -0.374 e. The Morgan fingerprint density at radius 1 is 1.39 bits per heavy atom. The van der Waals surface area contributed by atoms with Gasteiger partial charge in [0.05, 0.1) is 19.8 Å². The Bertz CT molecular complexity index is 735. The summed E-state index contributed by atoms with van der Waals surface area (Å²) in [6, 6.07) is 7.26. The highest BCUT2D eigenvalue weighted by Crippen LogP contribution is 2.28. The molecule has 1 aromatic heterocycles. The highest BCUT2D eigenvalue weighted by molar-refractivity contribution is 7.16. The molecule has 0 fully saturated rings. The number of nitro groups is 1. The summed E-state index contributed by atoms with van der Waals surface area (Å²) in [5.74, 6) is -0.511. The summed E-state index contributed by atoms with van der Waals surface area (Å²) in [5, 5.41) is 13.6. The molecule has 0 radical (unpaired) electrons. The Labute approximate surface area is 146 Å². The molecular formula is C14H12Cl2N2O4S. The molecule has 1 aromatic carbocycles. The molecule has 1 amide bonds. The number of carbonyl (C=O) groups is 1. The first-order valence-electron chi connectivity index (χ1n) is 6.42. The van der Waals surface area contributed by atoms with Crippen LogP contribution in [0.5, 0.6) is 0 Å². The summed E-state index contributed by atoms with van der Waals surface area (Å²) in [6.07, 6.45) is -0.367. The zero-order valence-electron chi connectivity index (χ0n) is 11.9. The topological polar surface area (TPSA) is 81.5 Å². The molecule has 1 atom stereocenters. The number of hydrogen-bond donors (Lipinski definition) is 1. The number of hydrogen-bond acceptors (Lipinski definition) is 5. The number of nitro benzene ring substituents is 1. The Hall–Kier alpha value is -1.67. The molecule has 0 bridgehead atoms. The Balaban J connectivity index is 2.09. The van der Waals surface area contributed by atoms with Gasteiger partial charge in [-0.05, 0) is 18.2 Å². The number of carbonyl (C=O) groups excluding carboxylic acids is 1. The fourth-order valence-electron chi connectivity index (χ4n) is 1.88. The molecule has 0 spiro atoms. The van der Waals surface area contributed by atoms with Crippen molar-refractivity contribution in [3.63, 3.8) is 0 Å². The SMILES string of the molecule is COC(CNC(=O)c1cc([N+](=O)[O-])ccc1Cl)c1ccc(Cl)s1. The van der Waals surface area contributed by atoms with Crippen LogP contribution in [0.4, 0.5) is 5.69 Å². The van der Waals surface area contributed by atoms with Crippen LogP contribution in [0.15, 0.2) is 30.3 Å². The quantitative estimate of drug-likeness (QED) is 0.609. The standard InChI is InChI=1S/C14H12Cl2N2O4S/c1-22-11(12-4-5-13(16)23-12)7-17-14(19)9-6-8(18(20)21)2-3-10(9)15/h2-6,11H,7H2,1H3,(H,17,19). The molecule has 23 heavy (non-hydrogen) atoms. The number of methoxy groups -OCH3 is 1. The van der Waals surface area contributed by atoms with Crippen LogP contribution < -0.4 is 5.32 Å². The van der Waals surface area contributed by atoms with E-state index in [9.17, 15) is 14.9 Å². The molecule has 0 aliphatic rings. The van der Waals surface area contributed by atoms with E-state index in [-0.39, 0.29) is 28.9 Å². The molecule has 0 saturated heterocycles. The average molecular weight is 375 g/mol. The summed E-state index contributed by atoms with van der Waals surface area (Å²) < 4.78 is 5.94. The van der Waals surface area contributed by atoms with Crippen LogP contribution in [0.3, 0.4) is 0 Å². The van der Waals surface area contributed by atoms with Crippen LogP contribution >= 0.6 is 34.5 Å². The van der Waals surface area contributed by atoms with Crippen LogP contribution in [0.1, 0.15) is 21.3 Å². The first kappa shape index (κ1) is 17.7. The molecule has 2 aromatic rings. The highest BCUT2D eigenvalue weighted by Gasteiger charge is 2.18. The predicted molar refractivity (Wildman–Crippen MR) is 89.5 cm³/mol. The summed E-state index contributed by atoms with van der Waals surface area (Å²) in [5.41, 5.74) is -0.159. The molecule has 1 N–H and O–H groups in total. The van der Waals surface area contributed by atoms with E-state index in [0.717, 1.165) is 10.9 Å². The number of ether oxygens (including phenoxy) is 1. The summed E-state index contributed by atoms with van der Waals surface area (Å²) in [6.45, 7) is 0.186. The lowest BCUT2D eigenvalue weighted by Crippen LogP contribution is -2.29. The van der Waals surface area contributed by atoms with Crippen molar-refractivity contribution in [1.82, 2.24) is 5.32 Å². The van der Waals surface area contributed by atoms with Crippen molar-refractivity contribution in [3.05, 3.63) is 60.2 Å². The van der Waals surface area contributed by atoms with Gasteiger partial charge in [-0.3, -0.25) is 14.9 Å². The fraction of sp³-hybridized carbons (Fsp3) is 0.214. The van der Waals surface area contributed by atoms with Crippen molar-refractivity contribution < 1.29 is 14.5 Å². The maximum Gasteiger partial charge on any atom is 0.270 e. The lowest BCUT2D eigenvalue weighted by atomic mass is 10.2. The molecule has 122 valence electrons. The largest absolute Gasteiger partial charge is 0.374 e. The van der Waals surface area contributed by atoms with E-state index in [4.69, 9.17) is 27.9 Å². The fourth-order valence-corrected chi connectivity index (χ4v) is 3.22. The van der Waals surface area contributed by atoms with E-state index in [1.54, 1.807) is 6.07 Å². The van der Waals surface area contributed by atoms with E-state index in [2.05, 4.69) is 5.32 Å². The zero-order valence-corrected chi connectivity index (χ0v) is 14.2. The first-order chi connectivity index (χ1) is 10.9. The minimum atomic E-state index is -0.585. The van der Waals surface area contributed by atoms with Gasteiger partial charge < -0.3 is 10.1 Å². The van der Waals surface area contributed by atoms with Gasteiger partial charge in [0.2, 0.25) is 0 Å². The van der Waals surface area contributed by atoms with Crippen LogP contribution in [-0.2, 0) is 4.74 Å². The summed E-state index contributed by atoms with van der Waals surface area (Å²) >= 11 is 13.2. The van der Waals surface area contributed by atoms with Gasteiger partial charge in [-0.15, -0.1) is 11.3 Å². The average Bonchev–Trinajstić information content (AvgIpc) is 2.94. The molecule has 1 heterocycles. The van der Waals surface area contributed by atoms with Gasteiger partial charge in [0.25, 0.3) is 11.6 Å². The summed E-state index contributed by atoms with van der Waals surface area (Å²) in [4.78, 5) is 23.3. The van der Waals surface area contributed by atoms with Gasteiger partial charge >= 0.3 is 0 Å². The van der Waals surface area contributed by atoms with Crippen molar-refractivity contribution in [3.8, 4) is 0 Å². The molecular weight excluding hydrogens is 363 g/mol. The number of thiophene rings is 1. The van der Waals surface area contributed by atoms with E-state index >= 15 is 0 Å². The number of non-ortho nitro benzene ring substituents is 1. The van der Waals surface area contributed by atoms with Crippen molar-refractivity contribution in [1.29, 1.82) is 0 Å². The third kappa shape index (κ3) is 4.42. The Morgan fingerprint density at radius 3 is 2.70 bits per heavy atom. The van der Waals surface area contributed by atoms with Crippen LogP contribution in [0.2, 0.25) is 9.36 Å². The minimum absolute atomic E-state index is 0.0416. The smallest absolute Gasteiger partial charge is 0.270 e. The van der Waals surface area contributed by atoms with Crippen molar-refractivity contribution >= 4 is 46.1 Å². The van der Waals surface area contributed by atoms with E-state index in [1.165, 1.54) is 30.6 Å². The third-order valence-corrected chi connectivity index (χ3v) is 4.70. The number of benzene rings is 1. The van der Waals surface area contributed by atoms with Crippen LogP contribution in [0, 0.1) is 10.1 Å². The predicted octanol–water partition coefficient (Wildman–Crippen LogP) is 4.08. The first-order valence-corrected chi connectivity index (χ1v) is 7.99. The lowest BCUT2D eigenvalue weighted by molar-refractivity contribution is -0.384. The molecule has 0 aliphatic heterocycles. The van der Waals surface area contributed by atoms with E-state index in [0.29, 0.717) is 4.34 Å². The van der Waals surface area contributed by atoms with Crippen molar-refractivity contribution in [2.45, 2.75) is 6.10 Å². The molecule has 1 unspecified atom stereocenters. The van der Waals surface area contributed by atoms with E-state index in [1.807, 2.05) is 6.07 Å². The van der Waals surface area contributed by atoms with Gasteiger partial charge in [0.1, 0.15) is 6.10 Å². The van der Waals surface area contributed by atoms with Gasteiger partial charge in [0, 0.05) is 30.7 Å². The molecule has 0 saturated carbocycles. The maximum absolute atomic E-state index is 12.2. The lowest BCUT2D eigenvalue weighted by Gasteiger charge is -2.15. The second-order valence-corrected chi connectivity index (χ2v) is 6.65. The van der Waals surface area contributed by atoms with E-state index < -0.39 is 10.8 Å². The number of nitrogens with zero attached hydrogens (tertiary/aromatic N) is 1. The Morgan fingerprint density at radius 2 is 2.13 bits per heavy atom. The van der Waals surface area contributed by atoms with Crippen molar-refractivity contribution in [2.24, 2.45) is 0 Å². The van der Waals surface area contributed by atoms with Crippen LogP contribution in [0.25, 0.3) is 0 Å². The van der Waals surface area contributed by atoms with Crippen LogP contribution in [-0.4, -0.2) is 24.5 Å².